The van der Waals surface area contributed by atoms with E-state index < -0.39 is 44.8 Å². The van der Waals surface area contributed by atoms with Gasteiger partial charge in [0.25, 0.3) is 11.8 Å². The Balaban J connectivity index is 1.43. The summed E-state index contributed by atoms with van der Waals surface area (Å²) in [4.78, 5) is 50.5. The molecule has 41 heavy (non-hydrogen) atoms. The van der Waals surface area contributed by atoms with Gasteiger partial charge < -0.3 is 24.8 Å². The van der Waals surface area contributed by atoms with Crippen molar-refractivity contribution < 1.29 is 23.1 Å². The van der Waals surface area contributed by atoms with Crippen molar-refractivity contribution >= 4 is 50.5 Å². The lowest BCUT2D eigenvalue weighted by Crippen LogP contribution is -2.46. The second-order valence-corrected chi connectivity index (χ2v) is 12.5. The quantitative estimate of drug-likeness (QED) is 0.405. The van der Waals surface area contributed by atoms with Gasteiger partial charge in [-0.1, -0.05) is 29.3 Å². The number of carbonyl (C=O) groups is 2. The lowest BCUT2D eigenvalue weighted by Gasteiger charge is -2.34. The van der Waals surface area contributed by atoms with Crippen LogP contribution in [-0.4, -0.2) is 82.1 Å². The van der Waals surface area contributed by atoms with Crippen molar-refractivity contribution in [2.24, 2.45) is 0 Å². The van der Waals surface area contributed by atoms with E-state index in [-0.39, 0.29) is 51.8 Å². The summed E-state index contributed by atoms with van der Waals surface area (Å²) in [6.45, 7) is 0.379. The number of sulfone groups is 1. The Morgan fingerprint density at radius 2 is 1.88 bits per heavy atom. The third-order valence-corrected chi connectivity index (χ3v) is 9.44. The van der Waals surface area contributed by atoms with Gasteiger partial charge in [-0.2, -0.15) is 4.98 Å². The maximum Gasteiger partial charge on any atom is 0.315 e. The number of nitrogens with zero attached hydrogens (tertiary/aromatic N) is 5. The van der Waals surface area contributed by atoms with Crippen LogP contribution in [0.2, 0.25) is 10.0 Å². The molecule has 1 fully saturated rings. The van der Waals surface area contributed by atoms with E-state index in [0.717, 1.165) is 0 Å². The first-order chi connectivity index (χ1) is 19.5. The first-order valence-corrected chi connectivity index (χ1v) is 15.2. The Morgan fingerprint density at radius 1 is 1.15 bits per heavy atom. The average molecular weight is 622 g/mol. The largest absolute Gasteiger partial charge is 0.501 e. The first-order valence-electron chi connectivity index (χ1n) is 12.8. The predicted molar refractivity (Wildman–Crippen MR) is 151 cm³/mol. The molecular weight excluding hydrogens is 595 g/mol. The van der Waals surface area contributed by atoms with Gasteiger partial charge in [0.05, 0.1) is 27.4 Å². The number of halogens is 2. The van der Waals surface area contributed by atoms with E-state index >= 15 is 0 Å². The fourth-order valence-electron chi connectivity index (χ4n) is 5.14. The zero-order valence-electron chi connectivity index (χ0n) is 21.9. The van der Waals surface area contributed by atoms with Crippen molar-refractivity contribution in [2.75, 3.05) is 37.8 Å². The first kappa shape index (κ1) is 28.8. The molecule has 15 heteroatoms. The standard InChI is InChI=1S/C26H26Cl2N6O6S/c1-29-15-7-8-30-19(14-15)41(39,40)13-12-32-10-11-34-21(26(32)38)22(35)24(36)31-23(34)18-6-3-9-33(18)25(37)20-16(27)4-2-5-17(20)28/h2,4-5,7-8,14,18,35H,3,6,9-13H2,1H3,(H,29,30)/t18-/m0/s1. The van der Waals surface area contributed by atoms with Crippen LogP contribution >= 0.6 is 23.2 Å². The Bertz CT molecular complexity index is 1690. The highest BCUT2D eigenvalue weighted by Crippen LogP contribution is 2.36. The molecule has 1 atom stereocenters. The summed E-state index contributed by atoms with van der Waals surface area (Å²) in [5, 5.41) is 13.7. The summed E-state index contributed by atoms with van der Waals surface area (Å²) in [5.74, 6) is -2.24. The highest BCUT2D eigenvalue weighted by Gasteiger charge is 2.39. The van der Waals surface area contributed by atoms with Crippen LogP contribution in [0.4, 0.5) is 5.69 Å². The molecule has 2 amide bonds. The maximum absolute atomic E-state index is 13.5. The third kappa shape index (κ3) is 5.36. The minimum Gasteiger partial charge on any atom is -0.501 e. The van der Waals surface area contributed by atoms with Crippen LogP contribution in [0.5, 0.6) is 5.75 Å². The number of hydrogen-bond acceptors (Lipinski definition) is 9. The maximum atomic E-state index is 13.5. The lowest BCUT2D eigenvalue weighted by atomic mass is 10.1. The molecule has 0 unspecified atom stereocenters. The highest BCUT2D eigenvalue weighted by atomic mass is 35.5. The average Bonchev–Trinajstić information content (AvgIpc) is 3.44. The number of fused-ring (bicyclic) bond motifs is 1. The Kier molecular flexibility index (Phi) is 7.95. The van der Waals surface area contributed by atoms with Gasteiger partial charge >= 0.3 is 5.56 Å². The summed E-state index contributed by atoms with van der Waals surface area (Å²) in [6, 6.07) is 7.08. The number of anilines is 1. The molecule has 1 aromatic carbocycles. The van der Waals surface area contributed by atoms with Gasteiger partial charge in [0.15, 0.2) is 20.6 Å². The number of likely N-dealkylation sites (tertiary alicyclic amines) is 1. The molecule has 4 heterocycles. The van der Waals surface area contributed by atoms with Crippen LogP contribution in [0, 0.1) is 0 Å². The fraction of sp³-hybridized carbons (Fsp3) is 0.346. The van der Waals surface area contributed by atoms with Crippen molar-refractivity contribution in [3.05, 3.63) is 74.0 Å². The molecule has 0 aliphatic carbocycles. The lowest BCUT2D eigenvalue weighted by molar-refractivity contribution is 0.0689. The number of nitrogens with one attached hydrogen (secondary N) is 1. The molecule has 0 spiro atoms. The molecule has 0 saturated carbocycles. The van der Waals surface area contributed by atoms with Gasteiger partial charge in [-0.05, 0) is 37.1 Å². The smallest absolute Gasteiger partial charge is 0.315 e. The number of carbonyl (C=O) groups excluding carboxylic acids is 2. The normalized spacial score (nSPS) is 17.0. The molecule has 2 aromatic heterocycles. The number of amides is 2. The topological polar surface area (TPSA) is 155 Å². The predicted octanol–water partition coefficient (Wildman–Crippen LogP) is 2.60. The second-order valence-electron chi connectivity index (χ2n) is 9.62. The van der Waals surface area contributed by atoms with Crippen LogP contribution < -0.4 is 10.9 Å². The summed E-state index contributed by atoms with van der Waals surface area (Å²) in [7, 11) is -2.18. The van der Waals surface area contributed by atoms with E-state index in [0.29, 0.717) is 25.1 Å². The van der Waals surface area contributed by atoms with Gasteiger partial charge in [0, 0.05) is 45.1 Å². The van der Waals surface area contributed by atoms with Crippen LogP contribution in [0.3, 0.4) is 0 Å². The minimum absolute atomic E-state index is 0.0966. The molecule has 2 aliphatic heterocycles. The van der Waals surface area contributed by atoms with Crippen LogP contribution in [0.25, 0.3) is 0 Å². The molecule has 0 radical (unpaired) electrons. The van der Waals surface area contributed by atoms with E-state index in [1.165, 1.54) is 26.6 Å². The van der Waals surface area contributed by atoms with E-state index in [1.54, 1.807) is 31.3 Å². The van der Waals surface area contributed by atoms with E-state index in [2.05, 4.69) is 15.3 Å². The molecule has 0 bridgehead atoms. The summed E-state index contributed by atoms with van der Waals surface area (Å²) >= 11 is 12.5. The number of rotatable bonds is 7. The molecule has 12 nitrogen and oxygen atoms in total. The number of aromatic hydroxyl groups is 1. The molecule has 216 valence electrons. The fourth-order valence-corrected chi connectivity index (χ4v) is 6.89. The number of pyridine rings is 1. The Morgan fingerprint density at radius 3 is 2.59 bits per heavy atom. The van der Waals surface area contributed by atoms with Crippen molar-refractivity contribution in [1.82, 2.24) is 24.3 Å². The van der Waals surface area contributed by atoms with Crippen molar-refractivity contribution in [3.63, 3.8) is 0 Å². The van der Waals surface area contributed by atoms with Crippen LogP contribution in [0.1, 0.15) is 45.6 Å². The molecule has 5 rings (SSSR count). The molecular formula is C26H26Cl2N6O6S. The van der Waals surface area contributed by atoms with Gasteiger partial charge in [-0.25, -0.2) is 13.4 Å². The minimum atomic E-state index is -3.84. The van der Waals surface area contributed by atoms with E-state index in [9.17, 15) is 27.9 Å². The monoisotopic (exact) mass is 620 g/mol. The number of aromatic nitrogens is 3. The number of hydrogen-bond donors (Lipinski definition) is 2. The van der Waals surface area contributed by atoms with Crippen molar-refractivity contribution in [3.8, 4) is 5.75 Å². The van der Waals surface area contributed by atoms with E-state index in [1.807, 2.05) is 0 Å². The number of benzene rings is 1. The van der Waals surface area contributed by atoms with Gasteiger partial charge in [-0.3, -0.25) is 14.4 Å². The summed E-state index contributed by atoms with van der Waals surface area (Å²) in [5.41, 5.74) is -0.616. The van der Waals surface area contributed by atoms with Crippen molar-refractivity contribution in [2.45, 2.75) is 30.5 Å². The summed E-state index contributed by atoms with van der Waals surface area (Å²) < 4.78 is 27.3. The van der Waals surface area contributed by atoms with Crippen molar-refractivity contribution in [1.29, 1.82) is 0 Å². The zero-order chi connectivity index (χ0) is 29.5. The Labute approximate surface area is 245 Å². The van der Waals surface area contributed by atoms with Gasteiger partial charge in [0.2, 0.25) is 5.75 Å². The second kappa shape index (κ2) is 11.3. The van der Waals surface area contributed by atoms with Gasteiger partial charge in [-0.15, -0.1) is 0 Å². The van der Waals surface area contributed by atoms with Gasteiger partial charge in [0.1, 0.15) is 5.82 Å². The van der Waals surface area contributed by atoms with Crippen LogP contribution in [0.15, 0.2) is 46.3 Å². The summed E-state index contributed by atoms with van der Waals surface area (Å²) in [6.07, 6.45) is 2.43. The van der Waals surface area contributed by atoms with Crippen LogP contribution in [-0.2, 0) is 16.4 Å². The molecule has 2 N–H and O–H groups in total. The Hall–Kier alpha value is -3.68. The zero-order valence-corrected chi connectivity index (χ0v) is 24.2. The third-order valence-electron chi connectivity index (χ3n) is 7.23. The highest BCUT2D eigenvalue weighted by molar-refractivity contribution is 7.91. The van der Waals surface area contributed by atoms with E-state index in [4.69, 9.17) is 23.2 Å². The molecule has 3 aromatic rings. The SMILES string of the molecule is CNc1ccnc(S(=O)(=O)CCN2CCn3c([C@@H]4CCCN4C(=O)c4c(Cl)cccc4Cl)nc(=O)c(O)c3C2=O)c1. The molecule has 2 aliphatic rings. The molecule has 1 saturated heterocycles.